The predicted molar refractivity (Wildman–Crippen MR) is 73.2 cm³/mol. The van der Waals surface area contributed by atoms with Crippen LogP contribution in [0.3, 0.4) is 0 Å². The van der Waals surface area contributed by atoms with Gasteiger partial charge in [-0.15, -0.1) is 11.3 Å². The van der Waals surface area contributed by atoms with Crippen LogP contribution in [-0.2, 0) is 9.63 Å². The van der Waals surface area contributed by atoms with E-state index in [4.69, 9.17) is 5.26 Å². The molecule has 0 atom stereocenters. The van der Waals surface area contributed by atoms with Crippen molar-refractivity contribution in [3.8, 4) is 6.07 Å². The van der Waals surface area contributed by atoms with Gasteiger partial charge in [0, 0.05) is 18.0 Å². The quantitative estimate of drug-likeness (QED) is 0.618. The smallest absolute Gasteiger partial charge is 0.361 e. The summed E-state index contributed by atoms with van der Waals surface area (Å²) in [5.41, 5.74) is -1.92. The van der Waals surface area contributed by atoms with Crippen molar-refractivity contribution in [3.63, 3.8) is 0 Å². The lowest BCUT2D eigenvalue weighted by Gasteiger charge is -2.35. The minimum absolute atomic E-state index is 0.0160. The van der Waals surface area contributed by atoms with Crippen molar-refractivity contribution in [2.75, 3.05) is 18.0 Å². The summed E-state index contributed by atoms with van der Waals surface area (Å²) in [7, 11) is 0. The van der Waals surface area contributed by atoms with Gasteiger partial charge >= 0.3 is 12.1 Å². The fraction of sp³-hybridized carbons (Fsp3) is 0.308. The van der Waals surface area contributed by atoms with Crippen LogP contribution in [-0.4, -0.2) is 30.9 Å². The van der Waals surface area contributed by atoms with Gasteiger partial charge in [-0.25, -0.2) is 4.79 Å². The van der Waals surface area contributed by atoms with Crippen molar-refractivity contribution in [3.05, 3.63) is 22.6 Å². The van der Waals surface area contributed by atoms with Gasteiger partial charge < -0.3 is 9.74 Å². The molecule has 1 aromatic heterocycles. The number of hydrogen-bond donors (Lipinski definition) is 0. The molecule has 0 radical (unpaired) electrons. The number of oxime groups is 1. The van der Waals surface area contributed by atoms with Gasteiger partial charge in [0.1, 0.15) is 0 Å². The van der Waals surface area contributed by atoms with E-state index in [-0.39, 0.29) is 5.92 Å². The molecule has 0 amide bonds. The summed E-state index contributed by atoms with van der Waals surface area (Å²) in [4.78, 5) is 17.9. The third kappa shape index (κ3) is 2.57. The van der Waals surface area contributed by atoms with E-state index < -0.39 is 23.4 Å². The summed E-state index contributed by atoms with van der Waals surface area (Å²) in [5, 5.41) is 12.4. The van der Waals surface area contributed by atoms with E-state index >= 15 is 0 Å². The maximum atomic E-state index is 12.7. The summed E-state index contributed by atoms with van der Waals surface area (Å²) in [6, 6.07) is 5.51. The molecule has 3 heterocycles. The maximum Gasteiger partial charge on any atom is 0.437 e. The lowest BCUT2D eigenvalue weighted by atomic mass is 10.0. The van der Waals surface area contributed by atoms with Crippen molar-refractivity contribution in [1.29, 1.82) is 5.26 Å². The Kier molecular flexibility index (Phi) is 3.41. The number of thiophene rings is 1. The van der Waals surface area contributed by atoms with Crippen molar-refractivity contribution < 1.29 is 22.8 Å². The van der Waals surface area contributed by atoms with E-state index in [1.807, 2.05) is 4.90 Å². The molecule has 3 rings (SSSR count). The van der Waals surface area contributed by atoms with E-state index in [1.54, 1.807) is 12.1 Å². The lowest BCUT2D eigenvalue weighted by molar-refractivity contribution is -0.136. The second-order valence-corrected chi connectivity index (χ2v) is 5.88. The number of hydrogen-bond acceptors (Lipinski definition) is 6. The fourth-order valence-corrected chi connectivity index (χ4v) is 3.05. The molecule has 2 aliphatic rings. The van der Waals surface area contributed by atoms with Crippen molar-refractivity contribution in [1.82, 2.24) is 0 Å². The predicted octanol–water partition coefficient (Wildman–Crippen LogP) is 2.57. The lowest BCUT2D eigenvalue weighted by Crippen LogP contribution is -2.45. The molecule has 9 heteroatoms. The Hall–Kier alpha value is -2.34. The van der Waals surface area contributed by atoms with Gasteiger partial charge in [-0.05, 0) is 18.2 Å². The van der Waals surface area contributed by atoms with Crippen LogP contribution in [0.4, 0.5) is 18.2 Å². The van der Waals surface area contributed by atoms with Crippen LogP contribution in [0.2, 0.25) is 0 Å². The number of nitrogens with zero attached hydrogens (tertiary/aromatic N) is 3. The minimum atomic E-state index is -4.74. The molecule has 0 saturated carbocycles. The number of alkyl halides is 3. The highest BCUT2D eigenvalue weighted by Gasteiger charge is 2.45. The Morgan fingerprint density at radius 3 is 2.82 bits per heavy atom. The average Bonchev–Trinajstić information content (AvgIpc) is 2.97. The van der Waals surface area contributed by atoms with Gasteiger partial charge in [-0.3, -0.25) is 0 Å². The molecule has 0 N–H and O–H groups in total. The number of halogens is 3. The first-order valence-corrected chi connectivity index (χ1v) is 7.03. The number of anilines is 1. The fourth-order valence-electron chi connectivity index (χ4n) is 2.09. The van der Waals surface area contributed by atoms with Gasteiger partial charge in [-0.1, -0.05) is 5.16 Å². The molecule has 5 nitrogen and oxygen atoms in total. The maximum absolute atomic E-state index is 12.7. The summed E-state index contributed by atoms with van der Waals surface area (Å²) in [5.74, 6) is -1.13. The van der Waals surface area contributed by atoms with Crippen LogP contribution in [0.15, 0.2) is 22.9 Å². The third-order valence-corrected chi connectivity index (χ3v) is 4.33. The van der Waals surface area contributed by atoms with Crippen LogP contribution in [0.25, 0.3) is 6.08 Å². The molecule has 114 valence electrons. The van der Waals surface area contributed by atoms with E-state index in [9.17, 15) is 18.0 Å². The number of carbonyl (C=O) groups is 1. The van der Waals surface area contributed by atoms with Crippen LogP contribution in [0.1, 0.15) is 4.88 Å². The first kappa shape index (κ1) is 14.6. The topological polar surface area (TPSA) is 65.7 Å². The van der Waals surface area contributed by atoms with Crippen molar-refractivity contribution in [2.45, 2.75) is 6.18 Å². The highest BCUT2D eigenvalue weighted by atomic mass is 32.1. The molecular weight excluding hydrogens is 319 g/mol. The Balaban J connectivity index is 1.81. The molecular formula is C13H8F3N3O2S. The molecule has 0 aliphatic carbocycles. The number of carbonyl (C=O) groups excluding carboxylic acids is 1. The summed E-state index contributed by atoms with van der Waals surface area (Å²) < 4.78 is 38.2. The Morgan fingerprint density at radius 2 is 2.18 bits per heavy atom. The SMILES string of the molecule is N#CC1CN(c2ccc(C=C3C(=O)ON=C3C(F)(F)F)s2)C1. The zero-order valence-electron chi connectivity index (χ0n) is 10.9. The van der Waals surface area contributed by atoms with Crippen molar-refractivity contribution >= 4 is 34.1 Å². The molecule has 0 unspecified atom stereocenters. The molecule has 1 fully saturated rings. The van der Waals surface area contributed by atoms with Gasteiger partial charge in [0.25, 0.3) is 0 Å². The Bertz CT molecular complexity index is 724. The first-order chi connectivity index (χ1) is 10.4. The number of nitriles is 1. The number of rotatable bonds is 2. The van der Waals surface area contributed by atoms with Crippen LogP contribution >= 0.6 is 11.3 Å². The Morgan fingerprint density at radius 1 is 1.45 bits per heavy atom. The van der Waals surface area contributed by atoms with Crippen LogP contribution in [0, 0.1) is 17.2 Å². The highest BCUT2D eigenvalue weighted by Crippen LogP contribution is 2.34. The summed E-state index contributed by atoms with van der Waals surface area (Å²) in [6.07, 6.45) is -3.62. The third-order valence-electron chi connectivity index (χ3n) is 3.24. The largest absolute Gasteiger partial charge is 0.437 e. The van der Waals surface area contributed by atoms with Crippen LogP contribution < -0.4 is 4.90 Å². The Labute approximate surface area is 126 Å². The summed E-state index contributed by atoms with van der Waals surface area (Å²) in [6.45, 7) is 1.20. The molecule has 1 aromatic rings. The molecule has 2 aliphatic heterocycles. The monoisotopic (exact) mass is 327 g/mol. The molecule has 1 saturated heterocycles. The minimum Gasteiger partial charge on any atom is -0.361 e. The van der Waals surface area contributed by atoms with Gasteiger partial charge in [0.15, 0.2) is 5.71 Å². The van der Waals surface area contributed by atoms with E-state index in [0.29, 0.717) is 18.0 Å². The van der Waals surface area contributed by atoms with E-state index in [2.05, 4.69) is 16.1 Å². The molecule has 0 spiro atoms. The van der Waals surface area contributed by atoms with Gasteiger partial charge in [0.05, 0.1) is 22.6 Å². The molecule has 0 aromatic carbocycles. The average molecular weight is 327 g/mol. The zero-order chi connectivity index (χ0) is 15.9. The second kappa shape index (κ2) is 5.14. The summed E-state index contributed by atoms with van der Waals surface area (Å²) >= 11 is 1.24. The van der Waals surface area contributed by atoms with Crippen LogP contribution in [0.5, 0.6) is 0 Å². The standard InChI is InChI=1S/C13H8F3N3O2S/c14-13(15,16)11-9(12(20)21-18-11)3-8-1-2-10(22-8)19-5-7(4-17)6-19/h1-3,7H,5-6H2. The van der Waals surface area contributed by atoms with Gasteiger partial charge in [-0.2, -0.15) is 18.4 Å². The second-order valence-electron chi connectivity index (χ2n) is 4.78. The first-order valence-electron chi connectivity index (χ1n) is 6.21. The van der Waals surface area contributed by atoms with E-state index in [1.165, 1.54) is 11.3 Å². The van der Waals surface area contributed by atoms with Crippen molar-refractivity contribution in [2.24, 2.45) is 11.1 Å². The van der Waals surface area contributed by atoms with Gasteiger partial charge in [0.2, 0.25) is 0 Å². The molecule has 22 heavy (non-hydrogen) atoms. The van der Waals surface area contributed by atoms with E-state index in [0.717, 1.165) is 11.1 Å². The molecule has 0 bridgehead atoms. The normalized spacial score (nSPS) is 20.6. The highest BCUT2D eigenvalue weighted by molar-refractivity contribution is 7.17. The zero-order valence-corrected chi connectivity index (χ0v) is 11.7.